The van der Waals surface area contributed by atoms with Crippen LogP contribution in [0.1, 0.15) is 44.3 Å². The van der Waals surface area contributed by atoms with Crippen molar-refractivity contribution < 1.29 is 23.5 Å². The third-order valence-electron chi connectivity index (χ3n) is 6.21. The van der Waals surface area contributed by atoms with Crippen molar-refractivity contribution in [3.8, 4) is 0 Å². The van der Waals surface area contributed by atoms with Crippen LogP contribution in [0.25, 0.3) is 4.85 Å². The van der Waals surface area contributed by atoms with Gasteiger partial charge in [-0.3, -0.25) is 14.4 Å². The zero-order valence-electron chi connectivity index (χ0n) is 18.9. The Morgan fingerprint density at radius 3 is 2.65 bits per heavy atom. The molecule has 1 fully saturated rings. The molecule has 0 unspecified atom stereocenters. The Bertz CT molecular complexity index is 1350. The Morgan fingerprint density at radius 2 is 2.06 bits per heavy atom. The standard InChI is InChI=1S/C24H22FN5O4/c1-13-19(21(32)18(31)10-24(11-34-12-24)23-27-7-8-28-23)14(2)30(4)20(13)22(33)29-15-5-6-16(25)17(9-15)26-3/h5-9H,10-12H2,1-2,4H3,(H,27,28)(H,29,33). The second kappa shape index (κ2) is 8.68. The fourth-order valence-electron chi connectivity index (χ4n) is 4.25. The molecule has 1 aromatic carbocycles. The van der Waals surface area contributed by atoms with E-state index in [9.17, 15) is 18.8 Å². The van der Waals surface area contributed by atoms with Gasteiger partial charge in [-0.2, -0.15) is 0 Å². The van der Waals surface area contributed by atoms with Crippen molar-refractivity contribution in [2.45, 2.75) is 25.7 Å². The van der Waals surface area contributed by atoms with Crippen molar-refractivity contribution in [1.29, 1.82) is 0 Å². The molecule has 4 rings (SSSR count). The van der Waals surface area contributed by atoms with E-state index >= 15 is 0 Å². The topological polar surface area (TPSA) is 110 Å². The highest BCUT2D eigenvalue weighted by atomic mass is 19.1. The second-order valence-electron chi connectivity index (χ2n) is 8.37. The summed E-state index contributed by atoms with van der Waals surface area (Å²) >= 11 is 0. The van der Waals surface area contributed by atoms with Crippen LogP contribution in [0.3, 0.4) is 0 Å². The number of nitrogens with zero attached hydrogens (tertiary/aromatic N) is 3. The lowest BCUT2D eigenvalue weighted by atomic mass is 9.78. The summed E-state index contributed by atoms with van der Waals surface area (Å²) in [6.45, 7) is 10.9. The van der Waals surface area contributed by atoms with E-state index < -0.39 is 28.7 Å². The summed E-state index contributed by atoms with van der Waals surface area (Å²) in [5, 5.41) is 2.63. The number of ether oxygens (including phenoxy) is 1. The van der Waals surface area contributed by atoms with Gasteiger partial charge in [0.05, 0.1) is 30.8 Å². The molecule has 2 N–H and O–H groups in total. The number of Topliss-reactive ketones (excluding diaryl/α,β-unsaturated/α-hetero) is 2. The first-order chi connectivity index (χ1) is 16.2. The molecule has 174 valence electrons. The van der Waals surface area contributed by atoms with Crippen molar-refractivity contribution in [3.63, 3.8) is 0 Å². The number of H-pyrrole nitrogens is 1. The van der Waals surface area contributed by atoms with Crippen LogP contribution >= 0.6 is 0 Å². The molecule has 9 nitrogen and oxygen atoms in total. The van der Waals surface area contributed by atoms with Crippen LogP contribution in [-0.4, -0.2) is 45.2 Å². The Hall–Kier alpha value is -4.10. The van der Waals surface area contributed by atoms with Crippen LogP contribution in [0.4, 0.5) is 15.8 Å². The SMILES string of the molecule is [C-]#[N+]c1cc(NC(=O)c2c(C)c(C(=O)C(=O)CC3(c4ncc[nH]4)COC3)c(C)n2C)ccc1F. The number of hydrogen-bond donors (Lipinski definition) is 2. The van der Waals surface area contributed by atoms with Gasteiger partial charge in [0.1, 0.15) is 17.3 Å². The lowest BCUT2D eigenvalue weighted by molar-refractivity contribution is -0.124. The third-order valence-corrected chi connectivity index (χ3v) is 6.21. The van der Waals surface area contributed by atoms with Crippen molar-refractivity contribution in [3.05, 3.63) is 76.2 Å². The van der Waals surface area contributed by atoms with Crippen LogP contribution in [0.2, 0.25) is 0 Å². The van der Waals surface area contributed by atoms with Gasteiger partial charge in [-0.1, -0.05) is 0 Å². The number of hydrogen-bond acceptors (Lipinski definition) is 5. The van der Waals surface area contributed by atoms with Gasteiger partial charge >= 0.3 is 0 Å². The van der Waals surface area contributed by atoms with Crippen LogP contribution in [0.5, 0.6) is 0 Å². The van der Waals surface area contributed by atoms with Crippen molar-refractivity contribution in [2.24, 2.45) is 7.05 Å². The summed E-state index contributed by atoms with van der Waals surface area (Å²) in [4.78, 5) is 49.5. The first kappa shape index (κ1) is 23.1. The summed E-state index contributed by atoms with van der Waals surface area (Å²) in [6.07, 6.45) is 3.17. The van der Waals surface area contributed by atoms with E-state index in [0.717, 1.165) is 6.07 Å². The van der Waals surface area contributed by atoms with Crippen molar-refractivity contribution >= 4 is 28.8 Å². The van der Waals surface area contributed by atoms with Crippen LogP contribution in [0.15, 0.2) is 30.6 Å². The summed E-state index contributed by atoms with van der Waals surface area (Å²) in [5.41, 5.74) is 0.549. The maximum absolute atomic E-state index is 13.6. The molecule has 0 spiro atoms. The molecule has 34 heavy (non-hydrogen) atoms. The number of carbonyl (C=O) groups excluding carboxylic acids is 3. The van der Waals surface area contributed by atoms with Gasteiger partial charge in [0.25, 0.3) is 5.91 Å². The molecule has 1 saturated heterocycles. The minimum Gasteiger partial charge on any atom is -0.379 e. The highest BCUT2D eigenvalue weighted by molar-refractivity contribution is 6.44. The number of halogens is 1. The van der Waals surface area contributed by atoms with Gasteiger partial charge in [0, 0.05) is 37.2 Å². The molecule has 0 aliphatic carbocycles. The molecule has 2 aromatic heterocycles. The number of amides is 1. The Balaban J connectivity index is 1.59. The fraction of sp³-hybridized carbons (Fsp3) is 0.292. The molecule has 1 aliphatic rings. The van der Waals surface area contributed by atoms with Gasteiger partial charge in [-0.25, -0.2) is 14.2 Å². The second-order valence-corrected chi connectivity index (χ2v) is 8.37. The first-order valence-corrected chi connectivity index (χ1v) is 10.5. The van der Waals surface area contributed by atoms with Crippen molar-refractivity contribution in [2.75, 3.05) is 18.5 Å². The Morgan fingerprint density at radius 1 is 1.32 bits per heavy atom. The zero-order valence-corrected chi connectivity index (χ0v) is 18.9. The Kier molecular flexibility index (Phi) is 5.89. The van der Waals surface area contributed by atoms with Gasteiger partial charge < -0.3 is 19.6 Å². The largest absolute Gasteiger partial charge is 0.379 e. The normalized spacial score (nSPS) is 14.2. The number of aromatic nitrogens is 3. The van der Waals surface area contributed by atoms with Crippen LogP contribution in [-0.2, 0) is 22.0 Å². The summed E-state index contributed by atoms with van der Waals surface area (Å²) in [6, 6.07) is 3.67. The van der Waals surface area contributed by atoms with Gasteiger partial charge in [-0.05, 0) is 37.6 Å². The quantitative estimate of drug-likeness (QED) is 0.317. The lowest BCUT2D eigenvalue weighted by Gasteiger charge is -2.39. The average molecular weight is 463 g/mol. The Labute approximate surface area is 194 Å². The number of imidazole rings is 1. The maximum Gasteiger partial charge on any atom is 0.272 e. The number of anilines is 1. The fourth-order valence-corrected chi connectivity index (χ4v) is 4.25. The van der Waals surface area contributed by atoms with E-state index in [0.29, 0.717) is 17.1 Å². The molecule has 0 radical (unpaired) electrons. The molecular weight excluding hydrogens is 441 g/mol. The molecular formula is C24H22FN5O4. The highest BCUT2D eigenvalue weighted by Crippen LogP contribution is 2.35. The van der Waals surface area contributed by atoms with E-state index in [-0.39, 0.29) is 42.3 Å². The number of aromatic amines is 1. The van der Waals surface area contributed by atoms with Gasteiger partial charge in [-0.15, -0.1) is 0 Å². The van der Waals surface area contributed by atoms with Crippen LogP contribution < -0.4 is 5.32 Å². The van der Waals surface area contributed by atoms with E-state index in [1.165, 1.54) is 12.1 Å². The van der Waals surface area contributed by atoms with E-state index in [1.54, 1.807) is 37.9 Å². The van der Waals surface area contributed by atoms with E-state index in [4.69, 9.17) is 11.3 Å². The number of rotatable bonds is 7. The predicted molar refractivity (Wildman–Crippen MR) is 121 cm³/mol. The molecule has 1 aliphatic heterocycles. The molecule has 1 amide bonds. The van der Waals surface area contributed by atoms with Crippen LogP contribution in [0, 0.1) is 26.2 Å². The van der Waals surface area contributed by atoms with Gasteiger partial charge in [0.2, 0.25) is 17.3 Å². The molecule has 0 atom stereocenters. The number of benzene rings is 1. The lowest BCUT2D eigenvalue weighted by Crippen LogP contribution is -2.49. The first-order valence-electron chi connectivity index (χ1n) is 10.5. The maximum atomic E-state index is 13.6. The summed E-state index contributed by atoms with van der Waals surface area (Å²) in [7, 11) is 1.62. The smallest absolute Gasteiger partial charge is 0.272 e. The minimum absolute atomic E-state index is 0.0658. The highest BCUT2D eigenvalue weighted by Gasteiger charge is 2.46. The van der Waals surface area contributed by atoms with E-state index in [2.05, 4.69) is 20.1 Å². The molecule has 3 heterocycles. The molecule has 10 heteroatoms. The molecule has 3 aromatic rings. The van der Waals surface area contributed by atoms with Gasteiger partial charge in [0.15, 0.2) is 0 Å². The third kappa shape index (κ3) is 3.80. The molecule has 0 bridgehead atoms. The predicted octanol–water partition coefficient (Wildman–Crippen LogP) is 3.42. The monoisotopic (exact) mass is 463 g/mol. The van der Waals surface area contributed by atoms with Crippen molar-refractivity contribution in [1.82, 2.24) is 14.5 Å². The number of ketones is 2. The minimum atomic E-state index is -0.686. The number of nitrogens with one attached hydrogen (secondary N) is 2. The zero-order chi connectivity index (χ0) is 24.6. The average Bonchev–Trinajstić information content (AvgIpc) is 3.39. The summed E-state index contributed by atoms with van der Waals surface area (Å²) in [5.74, 6) is -1.91. The summed E-state index contributed by atoms with van der Waals surface area (Å²) < 4.78 is 20.5. The molecule has 0 saturated carbocycles. The van der Waals surface area contributed by atoms with E-state index in [1.807, 2.05) is 0 Å². The number of carbonyl (C=O) groups is 3.